The molecule has 0 bridgehead atoms. The number of hydrogen-bond donors (Lipinski definition) is 0. The summed E-state index contributed by atoms with van der Waals surface area (Å²) in [6, 6.07) is 9.14. The van der Waals surface area contributed by atoms with Crippen LogP contribution in [0.4, 0.5) is 18.9 Å². The first kappa shape index (κ1) is 19.8. The van der Waals surface area contributed by atoms with Gasteiger partial charge in [0.1, 0.15) is 5.75 Å². The third kappa shape index (κ3) is 4.13. The van der Waals surface area contributed by atoms with Gasteiger partial charge < -0.3 is 14.4 Å². The lowest BCUT2D eigenvalue weighted by atomic mass is 9.89. The van der Waals surface area contributed by atoms with Crippen LogP contribution in [0.5, 0.6) is 5.75 Å². The molecule has 0 spiro atoms. The van der Waals surface area contributed by atoms with Crippen LogP contribution >= 0.6 is 0 Å². The number of fused-ring (bicyclic) bond motifs is 1. The van der Waals surface area contributed by atoms with Gasteiger partial charge in [-0.25, -0.2) is 4.79 Å². The van der Waals surface area contributed by atoms with E-state index in [-0.39, 0.29) is 5.75 Å². The molecular weight excluding hydrogens is 371 g/mol. The second-order valence-corrected chi connectivity index (χ2v) is 6.51. The zero-order valence-corrected chi connectivity index (χ0v) is 15.8. The van der Waals surface area contributed by atoms with Gasteiger partial charge in [-0.1, -0.05) is 19.1 Å². The quantitative estimate of drug-likeness (QED) is 0.661. The van der Waals surface area contributed by atoms with Gasteiger partial charge in [0.25, 0.3) is 0 Å². The van der Waals surface area contributed by atoms with E-state index in [0.717, 1.165) is 23.2 Å². The molecule has 0 radical (unpaired) electrons. The van der Waals surface area contributed by atoms with Crippen molar-refractivity contribution in [3.8, 4) is 16.9 Å². The van der Waals surface area contributed by atoms with Gasteiger partial charge in [0.2, 0.25) is 0 Å². The summed E-state index contributed by atoms with van der Waals surface area (Å²) in [5, 5.41) is 0. The normalized spacial score (nSPS) is 13.6. The summed E-state index contributed by atoms with van der Waals surface area (Å²) in [7, 11) is 3.21. The van der Waals surface area contributed by atoms with Crippen LogP contribution in [0.25, 0.3) is 11.1 Å². The Balaban J connectivity index is 2.09. The number of anilines is 1. The third-order valence-electron chi connectivity index (χ3n) is 4.66. The van der Waals surface area contributed by atoms with Crippen molar-refractivity contribution in [1.82, 2.24) is 0 Å². The number of alkyl halides is 3. The second-order valence-electron chi connectivity index (χ2n) is 6.51. The first-order valence-electron chi connectivity index (χ1n) is 8.75. The fraction of sp³-hybridized carbons (Fsp3) is 0.286. The molecule has 28 heavy (non-hydrogen) atoms. The Kier molecular flexibility index (Phi) is 5.36. The minimum atomic E-state index is -4.74. The fourth-order valence-corrected chi connectivity index (χ4v) is 3.32. The molecular formula is C21H20F3NO3. The highest BCUT2D eigenvalue weighted by Gasteiger charge is 2.31. The van der Waals surface area contributed by atoms with E-state index in [9.17, 15) is 18.0 Å². The van der Waals surface area contributed by atoms with Crippen molar-refractivity contribution in [2.45, 2.75) is 26.1 Å². The number of halogens is 3. The first-order chi connectivity index (χ1) is 13.2. The molecule has 4 nitrogen and oxygen atoms in total. The Morgan fingerprint density at radius 2 is 1.86 bits per heavy atom. The van der Waals surface area contributed by atoms with Crippen molar-refractivity contribution in [1.29, 1.82) is 0 Å². The van der Waals surface area contributed by atoms with E-state index in [2.05, 4.69) is 11.7 Å². The molecule has 0 unspecified atom stereocenters. The Morgan fingerprint density at radius 3 is 2.43 bits per heavy atom. The number of methoxy groups -OCH3 is 1. The molecule has 0 fully saturated rings. The van der Waals surface area contributed by atoms with Crippen molar-refractivity contribution >= 4 is 11.7 Å². The molecule has 0 N–H and O–H groups in total. The van der Waals surface area contributed by atoms with Crippen LogP contribution in [0, 0.1) is 0 Å². The molecule has 2 aromatic carbocycles. The number of benzene rings is 2. The predicted molar refractivity (Wildman–Crippen MR) is 100 cm³/mol. The average Bonchev–Trinajstić information content (AvgIpc) is 2.66. The van der Waals surface area contributed by atoms with E-state index in [0.29, 0.717) is 17.5 Å². The standard InChI is InChI=1S/C21H20F3NO3/c1-4-13-9-18-17(14-5-7-16(8-6-14)28-21(22,23)24)10-15(20(26)27-3)11-19(18)25(2)12-13/h5-8,10-12H,4,9H2,1-3H3. The number of ether oxygens (including phenoxy) is 2. The van der Waals surface area contributed by atoms with Gasteiger partial charge in [0.05, 0.1) is 12.7 Å². The van der Waals surface area contributed by atoms with Gasteiger partial charge >= 0.3 is 12.3 Å². The lowest BCUT2D eigenvalue weighted by Crippen LogP contribution is -2.19. The summed E-state index contributed by atoms with van der Waals surface area (Å²) in [4.78, 5) is 14.1. The Labute approximate surface area is 161 Å². The molecule has 1 heterocycles. The highest BCUT2D eigenvalue weighted by Crippen LogP contribution is 2.39. The Bertz CT molecular complexity index is 918. The first-order valence-corrected chi connectivity index (χ1v) is 8.75. The van der Waals surface area contributed by atoms with Crippen LogP contribution in [-0.4, -0.2) is 26.5 Å². The Hall–Kier alpha value is -2.96. The van der Waals surface area contributed by atoms with E-state index in [1.807, 2.05) is 18.1 Å². The van der Waals surface area contributed by atoms with Crippen LogP contribution in [0.15, 0.2) is 48.2 Å². The van der Waals surface area contributed by atoms with E-state index in [1.165, 1.54) is 24.8 Å². The molecule has 0 saturated carbocycles. The molecule has 3 rings (SSSR count). The van der Waals surface area contributed by atoms with E-state index < -0.39 is 12.3 Å². The van der Waals surface area contributed by atoms with E-state index >= 15 is 0 Å². The van der Waals surface area contributed by atoms with Crippen molar-refractivity contribution in [3.63, 3.8) is 0 Å². The van der Waals surface area contributed by atoms with Crippen LogP contribution in [0.2, 0.25) is 0 Å². The van der Waals surface area contributed by atoms with Gasteiger partial charge in [-0.3, -0.25) is 0 Å². The molecule has 0 amide bonds. The molecule has 2 aromatic rings. The van der Waals surface area contributed by atoms with Gasteiger partial charge in [-0.15, -0.1) is 13.2 Å². The third-order valence-corrected chi connectivity index (χ3v) is 4.66. The molecule has 0 aromatic heterocycles. The molecule has 0 atom stereocenters. The summed E-state index contributed by atoms with van der Waals surface area (Å²) in [5.41, 5.74) is 4.96. The summed E-state index contributed by atoms with van der Waals surface area (Å²) < 4.78 is 46.0. The number of hydrogen-bond acceptors (Lipinski definition) is 4. The van der Waals surface area contributed by atoms with Crippen LogP contribution < -0.4 is 9.64 Å². The fourth-order valence-electron chi connectivity index (χ4n) is 3.32. The predicted octanol–water partition coefficient (Wildman–Crippen LogP) is 5.33. The van der Waals surface area contributed by atoms with Crippen molar-refractivity contribution < 1.29 is 27.4 Å². The zero-order chi connectivity index (χ0) is 20.5. The topological polar surface area (TPSA) is 38.8 Å². The summed E-state index contributed by atoms with van der Waals surface area (Å²) >= 11 is 0. The number of esters is 1. The van der Waals surface area contributed by atoms with Crippen LogP contribution in [-0.2, 0) is 11.2 Å². The smallest absolute Gasteiger partial charge is 0.465 e. The van der Waals surface area contributed by atoms with Crippen molar-refractivity contribution in [2.75, 3.05) is 19.1 Å². The lowest BCUT2D eigenvalue weighted by molar-refractivity contribution is -0.274. The molecule has 1 aliphatic heterocycles. The number of nitrogens with zero attached hydrogens (tertiary/aromatic N) is 1. The van der Waals surface area contributed by atoms with Gasteiger partial charge in [0.15, 0.2) is 0 Å². The van der Waals surface area contributed by atoms with Gasteiger partial charge in [0, 0.05) is 18.9 Å². The summed E-state index contributed by atoms with van der Waals surface area (Å²) in [5.74, 6) is -0.764. The number of allylic oxidation sites excluding steroid dienone is 1. The van der Waals surface area contributed by atoms with Crippen LogP contribution in [0.1, 0.15) is 29.3 Å². The number of carbonyl (C=O) groups excluding carboxylic acids is 1. The van der Waals surface area contributed by atoms with Crippen molar-refractivity contribution in [2.24, 2.45) is 0 Å². The van der Waals surface area contributed by atoms with Crippen molar-refractivity contribution in [3.05, 3.63) is 59.3 Å². The maximum Gasteiger partial charge on any atom is 0.573 e. The molecule has 1 aliphatic rings. The largest absolute Gasteiger partial charge is 0.573 e. The Morgan fingerprint density at radius 1 is 1.18 bits per heavy atom. The highest BCUT2D eigenvalue weighted by atomic mass is 19.4. The van der Waals surface area contributed by atoms with Gasteiger partial charge in [-0.2, -0.15) is 0 Å². The van der Waals surface area contributed by atoms with Crippen LogP contribution in [0.3, 0.4) is 0 Å². The maximum atomic E-state index is 12.4. The molecule has 0 saturated heterocycles. The van der Waals surface area contributed by atoms with Gasteiger partial charge in [-0.05, 0) is 59.4 Å². The summed E-state index contributed by atoms with van der Waals surface area (Å²) in [6.45, 7) is 2.07. The maximum absolute atomic E-state index is 12.4. The highest BCUT2D eigenvalue weighted by molar-refractivity contribution is 5.94. The number of carbonyl (C=O) groups is 1. The lowest BCUT2D eigenvalue weighted by Gasteiger charge is -2.28. The molecule has 7 heteroatoms. The minimum Gasteiger partial charge on any atom is -0.465 e. The van der Waals surface area contributed by atoms with E-state index in [1.54, 1.807) is 24.3 Å². The van der Waals surface area contributed by atoms with E-state index in [4.69, 9.17) is 4.74 Å². The molecule has 0 aliphatic carbocycles. The monoisotopic (exact) mass is 391 g/mol. The summed E-state index contributed by atoms with van der Waals surface area (Å²) in [6.07, 6.45) is -1.13. The average molecular weight is 391 g/mol. The molecule has 148 valence electrons. The number of rotatable bonds is 4. The second kappa shape index (κ2) is 7.58. The zero-order valence-electron chi connectivity index (χ0n) is 15.8. The SMILES string of the molecule is CCC1=CN(C)c2cc(C(=O)OC)cc(-c3ccc(OC(F)(F)F)cc3)c2C1. The minimum absolute atomic E-state index is 0.291.